The van der Waals surface area contributed by atoms with Gasteiger partial charge in [-0.2, -0.15) is 0 Å². The van der Waals surface area contributed by atoms with Crippen LogP contribution in [0.25, 0.3) is 0 Å². The smallest absolute Gasteiger partial charge is 0.250 e. The summed E-state index contributed by atoms with van der Waals surface area (Å²) in [6, 6.07) is 0. The van der Waals surface area contributed by atoms with E-state index in [9.17, 15) is 4.79 Å². The Labute approximate surface area is 85.6 Å². The van der Waals surface area contributed by atoms with Crippen molar-refractivity contribution >= 4 is 5.91 Å². The molecule has 4 heteroatoms. The third-order valence-corrected chi connectivity index (χ3v) is 2.06. The molecule has 1 N–H and O–H groups in total. The van der Waals surface area contributed by atoms with Gasteiger partial charge in [0.05, 0.1) is 6.61 Å². The SMILES string of the molecule is CN1CCOC(C(=O)NC(C)(C)C)C1. The number of hydrogen-bond donors (Lipinski definition) is 1. The molecule has 1 rings (SSSR count). The number of carbonyl (C=O) groups excluding carboxylic acids is 1. The zero-order chi connectivity index (χ0) is 10.8. The van der Waals surface area contributed by atoms with Gasteiger partial charge in [0.25, 0.3) is 5.91 Å². The van der Waals surface area contributed by atoms with Crippen LogP contribution in [0.2, 0.25) is 0 Å². The minimum atomic E-state index is -0.312. The average molecular weight is 200 g/mol. The number of hydrogen-bond acceptors (Lipinski definition) is 3. The molecule has 4 nitrogen and oxygen atoms in total. The summed E-state index contributed by atoms with van der Waals surface area (Å²) in [6.07, 6.45) is -0.312. The first kappa shape index (κ1) is 11.5. The van der Waals surface area contributed by atoms with Gasteiger partial charge < -0.3 is 15.0 Å². The van der Waals surface area contributed by atoms with Crippen molar-refractivity contribution in [2.75, 3.05) is 26.7 Å². The van der Waals surface area contributed by atoms with Gasteiger partial charge in [-0.25, -0.2) is 0 Å². The van der Waals surface area contributed by atoms with Crippen molar-refractivity contribution in [1.82, 2.24) is 10.2 Å². The van der Waals surface area contributed by atoms with Crippen molar-refractivity contribution < 1.29 is 9.53 Å². The van der Waals surface area contributed by atoms with Crippen LogP contribution in [0.5, 0.6) is 0 Å². The molecule has 1 fully saturated rings. The molecule has 0 aromatic rings. The van der Waals surface area contributed by atoms with E-state index in [0.29, 0.717) is 13.2 Å². The van der Waals surface area contributed by atoms with Crippen LogP contribution in [0.1, 0.15) is 20.8 Å². The summed E-state index contributed by atoms with van der Waals surface area (Å²) in [7, 11) is 2.00. The number of ether oxygens (including phenoxy) is 1. The van der Waals surface area contributed by atoms with Gasteiger partial charge in [0, 0.05) is 18.6 Å². The summed E-state index contributed by atoms with van der Waals surface area (Å²) >= 11 is 0. The van der Waals surface area contributed by atoms with Crippen LogP contribution < -0.4 is 5.32 Å². The highest BCUT2D eigenvalue weighted by molar-refractivity contribution is 5.81. The normalized spacial score (nSPS) is 24.7. The molecule has 0 aliphatic carbocycles. The fourth-order valence-corrected chi connectivity index (χ4v) is 1.39. The largest absolute Gasteiger partial charge is 0.366 e. The number of morpholine rings is 1. The van der Waals surface area contributed by atoms with E-state index >= 15 is 0 Å². The number of nitrogens with zero attached hydrogens (tertiary/aromatic N) is 1. The second-order valence-corrected chi connectivity index (χ2v) is 4.86. The van der Waals surface area contributed by atoms with E-state index in [1.807, 2.05) is 27.8 Å². The van der Waals surface area contributed by atoms with Crippen LogP contribution in [0.15, 0.2) is 0 Å². The number of likely N-dealkylation sites (N-methyl/N-ethyl adjacent to an activating group) is 1. The summed E-state index contributed by atoms with van der Waals surface area (Å²) < 4.78 is 5.40. The lowest BCUT2D eigenvalue weighted by molar-refractivity contribution is -0.139. The molecule has 1 amide bonds. The first-order chi connectivity index (χ1) is 6.38. The quantitative estimate of drug-likeness (QED) is 0.659. The topological polar surface area (TPSA) is 41.6 Å². The molecule has 1 atom stereocenters. The van der Waals surface area contributed by atoms with Crippen LogP contribution >= 0.6 is 0 Å². The van der Waals surface area contributed by atoms with Gasteiger partial charge in [0.2, 0.25) is 0 Å². The number of rotatable bonds is 1. The van der Waals surface area contributed by atoms with Crippen LogP contribution in [-0.4, -0.2) is 49.2 Å². The molecule has 82 valence electrons. The molecule has 1 aliphatic heterocycles. The highest BCUT2D eigenvalue weighted by Crippen LogP contribution is 2.06. The Kier molecular flexibility index (Phi) is 3.50. The molecule has 0 bridgehead atoms. The Morgan fingerprint density at radius 2 is 2.14 bits per heavy atom. The lowest BCUT2D eigenvalue weighted by Crippen LogP contribution is -2.52. The Bertz CT molecular complexity index is 211. The van der Waals surface area contributed by atoms with Gasteiger partial charge in [-0.15, -0.1) is 0 Å². The zero-order valence-electron chi connectivity index (χ0n) is 9.46. The highest BCUT2D eigenvalue weighted by Gasteiger charge is 2.27. The Morgan fingerprint density at radius 3 is 2.64 bits per heavy atom. The van der Waals surface area contributed by atoms with E-state index in [1.54, 1.807) is 0 Å². The molecule has 0 saturated carbocycles. The first-order valence-corrected chi connectivity index (χ1v) is 5.01. The van der Waals surface area contributed by atoms with E-state index in [-0.39, 0.29) is 17.6 Å². The fourth-order valence-electron chi connectivity index (χ4n) is 1.39. The van der Waals surface area contributed by atoms with Gasteiger partial charge in [0.1, 0.15) is 6.10 Å². The minimum Gasteiger partial charge on any atom is -0.366 e. The van der Waals surface area contributed by atoms with Crippen molar-refractivity contribution in [1.29, 1.82) is 0 Å². The Balaban J connectivity index is 2.44. The molecular weight excluding hydrogens is 180 g/mol. The van der Waals surface area contributed by atoms with E-state index in [0.717, 1.165) is 6.54 Å². The maximum absolute atomic E-state index is 11.7. The van der Waals surface area contributed by atoms with Crippen molar-refractivity contribution in [2.45, 2.75) is 32.4 Å². The molecule has 0 radical (unpaired) electrons. The number of nitrogens with one attached hydrogen (secondary N) is 1. The molecule has 0 aromatic carbocycles. The van der Waals surface area contributed by atoms with Crippen LogP contribution in [-0.2, 0) is 9.53 Å². The molecule has 1 aliphatic rings. The van der Waals surface area contributed by atoms with Crippen molar-refractivity contribution in [3.63, 3.8) is 0 Å². The molecule has 1 unspecified atom stereocenters. The van der Waals surface area contributed by atoms with Crippen LogP contribution in [0.4, 0.5) is 0 Å². The fraction of sp³-hybridized carbons (Fsp3) is 0.900. The summed E-state index contributed by atoms with van der Waals surface area (Å²) in [4.78, 5) is 13.8. The second-order valence-electron chi connectivity index (χ2n) is 4.86. The van der Waals surface area contributed by atoms with Gasteiger partial charge in [-0.3, -0.25) is 4.79 Å². The van der Waals surface area contributed by atoms with E-state index in [1.165, 1.54) is 0 Å². The first-order valence-electron chi connectivity index (χ1n) is 5.01. The van der Waals surface area contributed by atoms with Crippen LogP contribution in [0.3, 0.4) is 0 Å². The second kappa shape index (κ2) is 4.28. The summed E-state index contributed by atoms with van der Waals surface area (Å²) in [5, 5.41) is 2.92. The van der Waals surface area contributed by atoms with E-state index in [4.69, 9.17) is 4.74 Å². The van der Waals surface area contributed by atoms with Gasteiger partial charge in [-0.1, -0.05) is 0 Å². The predicted molar refractivity (Wildman–Crippen MR) is 55.1 cm³/mol. The number of amides is 1. The average Bonchev–Trinajstić information content (AvgIpc) is 2.01. The highest BCUT2D eigenvalue weighted by atomic mass is 16.5. The maximum atomic E-state index is 11.7. The van der Waals surface area contributed by atoms with Crippen LogP contribution in [0, 0.1) is 0 Å². The lowest BCUT2D eigenvalue weighted by atomic mass is 10.1. The molecule has 1 saturated heterocycles. The molecule has 14 heavy (non-hydrogen) atoms. The third-order valence-electron chi connectivity index (χ3n) is 2.06. The van der Waals surface area contributed by atoms with Crippen molar-refractivity contribution in [2.24, 2.45) is 0 Å². The van der Waals surface area contributed by atoms with Crippen molar-refractivity contribution in [3.05, 3.63) is 0 Å². The summed E-state index contributed by atoms with van der Waals surface area (Å²) in [6.45, 7) is 8.13. The molecular formula is C10H20N2O2. The Hall–Kier alpha value is -0.610. The zero-order valence-corrected chi connectivity index (χ0v) is 9.46. The van der Waals surface area contributed by atoms with Crippen molar-refractivity contribution in [3.8, 4) is 0 Å². The standard InChI is InChI=1S/C10H20N2O2/c1-10(2,3)11-9(13)8-7-12(4)5-6-14-8/h8H,5-7H2,1-4H3,(H,11,13). The maximum Gasteiger partial charge on any atom is 0.250 e. The molecule has 1 heterocycles. The van der Waals surface area contributed by atoms with Gasteiger partial charge in [0.15, 0.2) is 0 Å². The lowest BCUT2D eigenvalue weighted by Gasteiger charge is -2.31. The monoisotopic (exact) mass is 200 g/mol. The van der Waals surface area contributed by atoms with Gasteiger partial charge in [-0.05, 0) is 27.8 Å². The summed E-state index contributed by atoms with van der Waals surface area (Å²) in [5.74, 6) is -0.0101. The number of carbonyl (C=O) groups is 1. The van der Waals surface area contributed by atoms with Gasteiger partial charge >= 0.3 is 0 Å². The molecule has 0 spiro atoms. The van der Waals surface area contributed by atoms with E-state index in [2.05, 4.69) is 10.2 Å². The third kappa shape index (κ3) is 3.64. The predicted octanol–water partition coefficient (Wildman–Crippen LogP) is 0.232. The minimum absolute atomic E-state index is 0.0101. The molecule has 0 aromatic heterocycles. The van der Waals surface area contributed by atoms with E-state index < -0.39 is 0 Å². The Morgan fingerprint density at radius 1 is 1.50 bits per heavy atom. The summed E-state index contributed by atoms with van der Waals surface area (Å²) in [5.41, 5.74) is -0.184.